The van der Waals surface area contributed by atoms with E-state index in [2.05, 4.69) is 22.8 Å². The molecule has 6 N–H and O–H groups in total. The van der Waals surface area contributed by atoms with Crippen LogP contribution < -0.4 is 22.1 Å². The number of hydrogen-bond acceptors (Lipinski definition) is 4. The summed E-state index contributed by atoms with van der Waals surface area (Å²) in [7, 11) is 0. The highest BCUT2D eigenvalue weighted by Gasteiger charge is 2.00. The molecule has 2 amide bonds. The van der Waals surface area contributed by atoms with Crippen molar-refractivity contribution in [3.8, 4) is 0 Å². The van der Waals surface area contributed by atoms with Crippen LogP contribution in [-0.4, -0.2) is 38.0 Å². The Morgan fingerprint density at radius 2 is 0.963 bits per heavy atom. The van der Waals surface area contributed by atoms with Gasteiger partial charge in [-0.25, -0.2) is 0 Å². The van der Waals surface area contributed by atoms with Gasteiger partial charge in [-0.3, -0.25) is 9.59 Å². The predicted molar refractivity (Wildman–Crippen MR) is 113 cm³/mol. The second kappa shape index (κ2) is 20.9. The number of hydrogen-bond donors (Lipinski definition) is 4. The molecule has 0 fully saturated rings. The zero-order valence-corrected chi connectivity index (χ0v) is 17.1. The maximum Gasteiger partial charge on any atom is 0.220 e. The Kier molecular flexibility index (Phi) is 19.8. The van der Waals surface area contributed by atoms with Gasteiger partial charge in [0.25, 0.3) is 0 Å². The van der Waals surface area contributed by atoms with Gasteiger partial charge in [0.05, 0.1) is 0 Å². The monoisotopic (exact) mass is 382 g/mol. The molecule has 0 heterocycles. The summed E-state index contributed by atoms with van der Waals surface area (Å²) in [5, 5.41) is 5.59. The number of amides is 2. The Hall–Kier alpha value is -1.40. The van der Waals surface area contributed by atoms with Gasteiger partial charge < -0.3 is 22.1 Å². The van der Waals surface area contributed by atoms with Crippen molar-refractivity contribution >= 4 is 11.8 Å². The molecular formula is C21H42N4O2. The van der Waals surface area contributed by atoms with E-state index < -0.39 is 0 Å². The lowest BCUT2D eigenvalue weighted by Crippen LogP contribution is -2.28. The molecule has 0 aromatic carbocycles. The molecule has 6 nitrogen and oxygen atoms in total. The van der Waals surface area contributed by atoms with Crippen LogP contribution >= 0.6 is 0 Å². The Morgan fingerprint density at radius 1 is 0.593 bits per heavy atom. The molecule has 6 heteroatoms. The second-order valence-corrected chi connectivity index (χ2v) is 7.01. The Bertz CT molecular complexity index is 386. The zero-order chi connectivity index (χ0) is 20.0. The first-order valence-corrected chi connectivity index (χ1v) is 10.8. The van der Waals surface area contributed by atoms with Gasteiger partial charge in [0.1, 0.15) is 0 Å². The molecule has 0 rings (SSSR count). The van der Waals surface area contributed by atoms with Gasteiger partial charge in [-0.15, -0.1) is 0 Å². The molecule has 0 saturated heterocycles. The summed E-state index contributed by atoms with van der Waals surface area (Å²) in [5.41, 5.74) is 10.7. The summed E-state index contributed by atoms with van der Waals surface area (Å²) in [6.07, 6.45) is 18.4. The average molecular weight is 383 g/mol. The fraction of sp³-hybridized carbons (Fsp3) is 0.810. The van der Waals surface area contributed by atoms with Crippen molar-refractivity contribution in [2.24, 2.45) is 11.5 Å². The summed E-state index contributed by atoms with van der Waals surface area (Å²) in [6.45, 7) is 2.17. The van der Waals surface area contributed by atoms with Crippen molar-refractivity contribution in [1.82, 2.24) is 10.6 Å². The van der Waals surface area contributed by atoms with Crippen LogP contribution in [0.5, 0.6) is 0 Å². The molecule has 0 spiro atoms. The van der Waals surface area contributed by atoms with Crippen molar-refractivity contribution in [3.05, 3.63) is 12.2 Å². The van der Waals surface area contributed by atoms with Crippen LogP contribution in [0.15, 0.2) is 12.2 Å². The summed E-state index contributed by atoms with van der Waals surface area (Å²) in [6, 6.07) is 0. The van der Waals surface area contributed by atoms with Crippen LogP contribution in [0.25, 0.3) is 0 Å². The molecule has 0 atom stereocenters. The van der Waals surface area contributed by atoms with Crippen LogP contribution in [-0.2, 0) is 9.59 Å². The van der Waals surface area contributed by atoms with Gasteiger partial charge >= 0.3 is 0 Å². The lowest BCUT2D eigenvalue weighted by molar-refractivity contribution is -0.122. The van der Waals surface area contributed by atoms with E-state index in [9.17, 15) is 9.59 Å². The van der Waals surface area contributed by atoms with E-state index in [1.54, 1.807) is 0 Å². The van der Waals surface area contributed by atoms with E-state index >= 15 is 0 Å². The number of unbranched alkanes of at least 4 members (excludes halogenated alkanes) is 9. The van der Waals surface area contributed by atoms with Gasteiger partial charge in [0.15, 0.2) is 0 Å². The predicted octanol–water partition coefficient (Wildman–Crippen LogP) is 2.76. The topological polar surface area (TPSA) is 110 Å². The normalized spacial score (nSPS) is 11.0. The van der Waals surface area contributed by atoms with Crippen molar-refractivity contribution in [3.63, 3.8) is 0 Å². The summed E-state index contributed by atoms with van der Waals surface area (Å²) < 4.78 is 0. The van der Waals surface area contributed by atoms with Crippen molar-refractivity contribution in [2.75, 3.05) is 26.2 Å². The molecule has 0 radical (unpaired) electrons. The summed E-state index contributed by atoms with van der Waals surface area (Å²) in [5.74, 6) is 0.244. The lowest BCUT2D eigenvalue weighted by atomic mass is 10.1. The van der Waals surface area contributed by atoms with E-state index in [1.807, 2.05) is 0 Å². The quantitative estimate of drug-likeness (QED) is 0.203. The Labute approximate surface area is 165 Å². The Morgan fingerprint density at radius 3 is 1.37 bits per heavy atom. The molecule has 0 aromatic rings. The van der Waals surface area contributed by atoms with Crippen LogP contribution in [0.3, 0.4) is 0 Å². The minimum absolute atomic E-state index is 0.121. The van der Waals surface area contributed by atoms with Gasteiger partial charge in [0.2, 0.25) is 11.8 Å². The van der Waals surface area contributed by atoms with Crippen LogP contribution in [0, 0.1) is 0 Å². The third-order valence-corrected chi connectivity index (χ3v) is 4.40. The molecule has 0 aliphatic carbocycles. The number of nitrogens with two attached hydrogens (primary N) is 2. The standard InChI is InChI=1S/C21H42N4O2/c22-16-18-24-20(26)14-12-10-8-6-4-2-1-3-5-7-9-11-13-15-21(27)25-19-17-23/h1-2H,3-19,22-23H2,(H,24,26)(H,25,27)/b2-1+. The minimum Gasteiger partial charge on any atom is -0.355 e. The fourth-order valence-electron chi connectivity index (χ4n) is 2.82. The number of allylic oxidation sites excluding steroid dienone is 2. The van der Waals surface area contributed by atoms with E-state index in [0.717, 1.165) is 38.5 Å². The number of carbonyl (C=O) groups excluding carboxylic acids is 2. The molecule has 0 aliphatic heterocycles. The third-order valence-electron chi connectivity index (χ3n) is 4.40. The smallest absolute Gasteiger partial charge is 0.220 e. The van der Waals surface area contributed by atoms with Gasteiger partial charge in [-0.2, -0.15) is 0 Å². The molecule has 0 aliphatic rings. The van der Waals surface area contributed by atoms with Crippen LogP contribution in [0.1, 0.15) is 83.5 Å². The largest absolute Gasteiger partial charge is 0.355 e. The maximum atomic E-state index is 11.4. The van der Waals surface area contributed by atoms with E-state index in [4.69, 9.17) is 11.5 Å². The molecule has 158 valence electrons. The van der Waals surface area contributed by atoms with Crippen LogP contribution in [0.4, 0.5) is 0 Å². The number of nitrogens with one attached hydrogen (secondary N) is 2. The first-order chi connectivity index (χ1) is 13.2. The third kappa shape index (κ3) is 20.8. The summed E-state index contributed by atoms with van der Waals surface area (Å²) >= 11 is 0. The van der Waals surface area contributed by atoms with Crippen LogP contribution in [0.2, 0.25) is 0 Å². The highest BCUT2D eigenvalue weighted by molar-refractivity contribution is 5.76. The van der Waals surface area contributed by atoms with E-state index in [1.165, 1.54) is 32.1 Å². The molecule has 0 bridgehead atoms. The Balaban J connectivity index is 3.23. The van der Waals surface area contributed by atoms with E-state index in [0.29, 0.717) is 39.0 Å². The fourth-order valence-corrected chi connectivity index (χ4v) is 2.82. The minimum atomic E-state index is 0.121. The first-order valence-electron chi connectivity index (χ1n) is 10.8. The average Bonchev–Trinajstić information content (AvgIpc) is 2.67. The van der Waals surface area contributed by atoms with Crippen molar-refractivity contribution in [2.45, 2.75) is 83.5 Å². The number of rotatable bonds is 19. The first kappa shape index (κ1) is 25.6. The van der Waals surface area contributed by atoms with Crippen molar-refractivity contribution < 1.29 is 9.59 Å². The second-order valence-electron chi connectivity index (χ2n) is 7.01. The lowest BCUT2D eigenvalue weighted by Gasteiger charge is -2.03. The maximum absolute atomic E-state index is 11.4. The SMILES string of the molecule is NCCNC(=O)CCCCCC/C=C/CCCCCCCC(=O)NCCN. The van der Waals surface area contributed by atoms with Gasteiger partial charge in [-0.05, 0) is 38.5 Å². The number of carbonyl (C=O) groups is 2. The summed E-state index contributed by atoms with van der Waals surface area (Å²) in [4.78, 5) is 22.8. The molecular weight excluding hydrogens is 340 g/mol. The van der Waals surface area contributed by atoms with Crippen molar-refractivity contribution in [1.29, 1.82) is 0 Å². The zero-order valence-electron chi connectivity index (χ0n) is 17.1. The van der Waals surface area contributed by atoms with Gasteiger partial charge in [0, 0.05) is 39.0 Å². The highest BCUT2D eigenvalue weighted by Crippen LogP contribution is 2.09. The molecule has 27 heavy (non-hydrogen) atoms. The highest BCUT2D eigenvalue weighted by atomic mass is 16.2. The van der Waals surface area contributed by atoms with Gasteiger partial charge in [-0.1, -0.05) is 44.3 Å². The molecule has 0 saturated carbocycles. The van der Waals surface area contributed by atoms with E-state index in [-0.39, 0.29) is 11.8 Å². The molecule has 0 aromatic heterocycles. The molecule has 0 unspecified atom stereocenters.